The van der Waals surface area contributed by atoms with Gasteiger partial charge in [-0.1, -0.05) is 53.5 Å². The van der Waals surface area contributed by atoms with Crippen molar-refractivity contribution in [3.8, 4) is 0 Å². The summed E-state index contributed by atoms with van der Waals surface area (Å²) in [5.41, 5.74) is 1.13. The molecular formula is C16H15Cl2NO2. The fraction of sp³-hybridized carbons (Fsp3) is 0.188. The molecule has 3 nitrogen and oxygen atoms in total. The summed E-state index contributed by atoms with van der Waals surface area (Å²) < 4.78 is 5.49. The first-order valence-electron chi connectivity index (χ1n) is 6.54. The molecule has 0 bridgehead atoms. The molecule has 0 aliphatic rings. The second-order valence-corrected chi connectivity index (χ2v) is 5.18. The highest BCUT2D eigenvalue weighted by Gasteiger charge is 2.21. The molecule has 0 unspecified atom stereocenters. The number of halogens is 2. The van der Waals surface area contributed by atoms with Crippen LogP contribution in [0.5, 0.6) is 0 Å². The maximum absolute atomic E-state index is 12.5. The van der Waals surface area contributed by atoms with E-state index < -0.39 is 6.23 Å². The second kappa shape index (κ2) is 7.46. The lowest BCUT2D eigenvalue weighted by atomic mass is 10.1. The maximum atomic E-state index is 12.5. The average Bonchev–Trinajstić information content (AvgIpc) is 2.50. The molecule has 2 aromatic carbocycles. The van der Waals surface area contributed by atoms with Gasteiger partial charge in [-0.25, -0.2) is 0 Å². The first-order valence-corrected chi connectivity index (χ1v) is 7.30. The van der Waals surface area contributed by atoms with Crippen molar-refractivity contribution in [2.45, 2.75) is 13.2 Å². The van der Waals surface area contributed by atoms with Crippen molar-refractivity contribution in [1.29, 1.82) is 0 Å². The lowest BCUT2D eigenvalue weighted by Gasteiger charge is -2.19. The quantitative estimate of drug-likeness (QED) is 0.621. The number of carbonyl (C=O) groups excluding carboxylic acids is 1. The molecular weight excluding hydrogens is 309 g/mol. The van der Waals surface area contributed by atoms with Crippen LogP contribution in [0.1, 0.15) is 17.3 Å². The minimum absolute atomic E-state index is 0.159. The molecule has 21 heavy (non-hydrogen) atoms. The Morgan fingerprint density at radius 2 is 1.90 bits per heavy atom. The highest BCUT2D eigenvalue weighted by molar-refractivity contribution is 6.35. The van der Waals surface area contributed by atoms with Crippen molar-refractivity contribution in [2.75, 3.05) is 11.9 Å². The van der Waals surface area contributed by atoms with Crippen molar-refractivity contribution < 1.29 is 9.53 Å². The number of benzene rings is 2. The smallest absolute Gasteiger partial charge is 0.212 e. The number of carbonyl (C=O) groups is 1. The van der Waals surface area contributed by atoms with Gasteiger partial charge in [-0.2, -0.15) is 0 Å². The van der Waals surface area contributed by atoms with Crippen LogP contribution in [0.15, 0.2) is 48.5 Å². The van der Waals surface area contributed by atoms with E-state index in [2.05, 4.69) is 5.32 Å². The van der Waals surface area contributed by atoms with Gasteiger partial charge >= 0.3 is 0 Å². The summed E-state index contributed by atoms with van der Waals surface area (Å²) in [4.78, 5) is 12.5. The number of Topliss-reactive ketones (excluding diaryl/α,β-unsaturated/α-hetero) is 1. The highest BCUT2D eigenvalue weighted by atomic mass is 35.5. The molecule has 0 aliphatic carbocycles. The predicted octanol–water partition coefficient (Wildman–Crippen LogP) is 4.65. The molecule has 1 atom stereocenters. The van der Waals surface area contributed by atoms with Crippen molar-refractivity contribution in [1.82, 2.24) is 0 Å². The van der Waals surface area contributed by atoms with Crippen LogP contribution in [-0.4, -0.2) is 18.6 Å². The zero-order valence-corrected chi connectivity index (χ0v) is 13.0. The van der Waals surface area contributed by atoms with Gasteiger partial charge in [0.2, 0.25) is 5.78 Å². The van der Waals surface area contributed by atoms with E-state index in [0.717, 1.165) is 0 Å². The van der Waals surface area contributed by atoms with Gasteiger partial charge in [0.25, 0.3) is 0 Å². The summed E-state index contributed by atoms with van der Waals surface area (Å²) in [5, 5.41) is 4.01. The SMILES string of the molecule is CCO[C@@H](Nc1cc(Cl)ccc1Cl)C(=O)c1ccccc1. The number of hydrogen-bond acceptors (Lipinski definition) is 3. The van der Waals surface area contributed by atoms with Gasteiger partial charge in [0.1, 0.15) is 0 Å². The van der Waals surface area contributed by atoms with Crippen molar-refractivity contribution >= 4 is 34.7 Å². The van der Waals surface area contributed by atoms with Crippen LogP contribution in [0.2, 0.25) is 10.0 Å². The van der Waals surface area contributed by atoms with Crippen LogP contribution in [0.4, 0.5) is 5.69 Å². The number of hydrogen-bond donors (Lipinski definition) is 1. The van der Waals surface area contributed by atoms with E-state index in [4.69, 9.17) is 27.9 Å². The summed E-state index contributed by atoms with van der Waals surface area (Å²) in [6, 6.07) is 14.0. The van der Waals surface area contributed by atoms with Crippen molar-refractivity contribution in [3.05, 3.63) is 64.1 Å². The van der Waals surface area contributed by atoms with Gasteiger partial charge in [-0.05, 0) is 25.1 Å². The lowest BCUT2D eigenvalue weighted by Crippen LogP contribution is -2.32. The van der Waals surface area contributed by atoms with E-state index in [1.165, 1.54) is 0 Å². The molecule has 110 valence electrons. The topological polar surface area (TPSA) is 38.3 Å². The van der Waals surface area contributed by atoms with Gasteiger partial charge in [-0.3, -0.25) is 4.79 Å². The lowest BCUT2D eigenvalue weighted by molar-refractivity contribution is 0.0550. The van der Waals surface area contributed by atoms with Gasteiger partial charge in [0, 0.05) is 17.2 Å². The van der Waals surface area contributed by atoms with Crippen LogP contribution in [0.3, 0.4) is 0 Å². The van der Waals surface area contributed by atoms with E-state index in [0.29, 0.717) is 27.9 Å². The fourth-order valence-corrected chi connectivity index (χ4v) is 2.20. The summed E-state index contributed by atoms with van der Waals surface area (Å²) in [7, 11) is 0. The summed E-state index contributed by atoms with van der Waals surface area (Å²) in [6.07, 6.45) is -0.812. The largest absolute Gasteiger partial charge is 0.352 e. The third-order valence-corrected chi connectivity index (χ3v) is 3.41. The number of nitrogens with one attached hydrogen (secondary N) is 1. The van der Waals surface area contributed by atoms with Crippen LogP contribution in [0.25, 0.3) is 0 Å². The fourth-order valence-electron chi connectivity index (χ4n) is 1.85. The van der Waals surface area contributed by atoms with Crippen LogP contribution in [0, 0.1) is 0 Å². The molecule has 0 fully saturated rings. The first kappa shape index (κ1) is 15.8. The maximum Gasteiger partial charge on any atom is 0.212 e. The normalized spacial score (nSPS) is 12.0. The zero-order chi connectivity index (χ0) is 15.2. The Morgan fingerprint density at radius 1 is 1.19 bits per heavy atom. The third kappa shape index (κ3) is 4.21. The molecule has 0 heterocycles. The average molecular weight is 324 g/mol. The molecule has 2 aromatic rings. The van der Waals surface area contributed by atoms with E-state index >= 15 is 0 Å². The van der Waals surface area contributed by atoms with E-state index in [1.54, 1.807) is 30.3 Å². The highest BCUT2D eigenvalue weighted by Crippen LogP contribution is 2.26. The van der Waals surface area contributed by atoms with Gasteiger partial charge < -0.3 is 10.1 Å². The standard InChI is InChI=1S/C16H15Cl2NO2/c1-2-21-16(15(20)11-6-4-3-5-7-11)19-14-10-12(17)8-9-13(14)18/h3-10,16,19H,2H2,1H3/t16-/m1/s1. The number of rotatable bonds is 6. The van der Waals surface area contributed by atoms with Gasteiger partial charge in [-0.15, -0.1) is 0 Å². The molecule has 0 aliphatic heterocycles. The Hall–Kier alpha value is -1.55. The van der Waals surface area contributed by atoms with E-state index in [9.17, 15) is 4.79 Å². The molecule has 0 spiro atoms. The second-order valence-electron chi connectivity index (χ2n) is 4.33. The molecule has 0 radical (unpaired) electrons. The first-order chi connectivity index (χ1) is 10.1. The molecule has 2 rings (SSSR count). The minimum atomic E-state index is -0.812. The van der Waals surface area contributed by atoms with Crippen LogP contribution < -0.4 is 5.32 Å². The van der Waals surface area contributed by atoms with Gasteiger partial charge in [0.05, 0.1) is 10.7 Å². The molecule has 5 heteroatoms. The Morgan fingerprint density at radius 3 is 2.57 bits per heavy atom. The summed E-state index contributed by atoms with van der Waals surface area (Å²) in [6.45, 7) is 2.22. The summed E-state index contributed by atoms with van der Waals surface area (Å²) in [5.74, 6) is -0.159. The van der Waals surface area contributed by atoms with Crippen molar-refractivity contribution in [3.63, 3.8) is 0 Å². The minimum Gasteiger partial charge on any atom is -0.352 e. The van der Waals surface area contributed by atoms with Gasteiger partial charge in [0.15, 0.2) is 6.23 Å². The van der Waals surface area contributed by atoms with Crippen LogP contribution in [-0.2, 0) is 4.74 Å². The third-order valence-electron chi connectivity index (χ3n) is 2.84. The monoisotopic (exact) mass is 323 g/mol. The molecule has 1 N–H and O–H groups in total. The molecule has 0 amide bonds. The zero-order valence-electron chi connectivity index (χ0n) is 11.5. The Balaban J connectivity index is 2.23. The Labute approximate surface area is 133 Å². The molecule has 0 saturated heterocycles. The molecule has 0 saturated carbocycles. The number of ketones is 1. The Bertz CT molecular complexity index is 617. The van der Waals surface area contributed by atoms with Crippen LogP contribution >= 0.6 is 23.2 Å². The number of anilines is 1. The summed E-state index contributed by atoms with van der Waals surface area (Å²) >= 11 is 12.1. The Kier molecular flexibility index (Phi) is 5.62. The van der Waals surface area contributed by atoms with Crippen molar-refractivity contribution in [2.24, 2.45) is 0 Å². The van der Waals surface area contributed by atoms with E-state index in [1.807, 2.05) is 25.1 Å². The number of ether oxygens (including phenoxy) is 1. The van der Waals surface area contributed by atoms with E-state index in [-0.39, 0.29) is 5.78 Å². The molecule has 0 aromatic heterocycles. The predicted molar refractivity (Wildman–Crippen MR) is 86.3 cm³/mol.